The molecule has 2 amide bonds. The van der Waals surface area contributed by atoms with E-state index >= 15 is 0 Å². The van der Waals surface area contributed by atoms with Gasteiger partial charge in [-0.05, 0) is 37.0 Å². The summed E-state index contributed by atoms with van der Waals surface area (Å²) in [6.45, 7) is 2.44. The minimum atomic E-state index is -0.964. The van der Waals surface area contributed by atoms with Crippen LogP contribution in [0.25, 0.3) is 0 Å². The molecule has 1 aliphatic heterocycles. The molecule has 5 nitrogen and oxygen atoms in total. The van der Waals surface area contributed by atoms with E-state index in [1.807, 2.05) is 6.92 Å². The van der Waals surface area contributed by atoms with Crippen molar-refractivity contribution in [3.8, 4) is 12.3 Å². The van der Waals surface area contributed by atoms with E-state index in [9.17, 15) is 14.7 Å². The second kappa shape index (κ2) is 6.31. The first-order valence-corrected chi connectivity index (χ1v) is 6.88. The number of nitrogens with zero attached hydrogens (tertiary/aromatic N) is 1. The summed E-state index contributed by atoms with van der Waals surface area (Å²) in [6, 6.07) is 5.74. The van der Waals surface area contributed by atoms with Crippen molar-refractivity contribution in [2.45, 2.75) is 25.8 Å². The van der Waals surface area contributed by atoms with Gasteiger partial charge < -0.3 is 15.3 Å². The summed E-state index contributed by atoms with van der Waals surface area (Å²) in [5.74, 6) is 1.84. The number of carbonyl (C=O) groups excluding carboxylic acids is 1. The third-order valence-corrected chi connectivity index (χ3v) is 3.69. The molecule has 1 heterocycles. The molecule has 0 radical (unpaired) electrons. The number of terminal acetylenes is 1. The Morgan fingerprint density at radius 3 is 2.90 bits per heavy atom. The Labute approximate surface area is 124 Å². The zero-order valence-corrected chi connectivity index (χ0v) is 11.9. The van der Waals surface area contributed by atoms with E-state index < -0.39 is 18.0 Å². The molecule has 21 heavy (non-hydrogen) atoms. The van der Waals surface area contributed by atoms with Crippen molar-refractivity contribution in [3.63, 3.8) is 0 Å². The largest absolute Gasteiger partial charge is 0.480 e. The van der Waals surface area contributed by atoms with Crippen molar-refractivity contribution in [3.05, 3.63) is 29.8 Å². The molecule has 0 spiro atoms. The van der Waals surface area contributed by atoms with Crippen molar-refractivity contribution < 1.29 is 14.7 Å². The monoisotopic (exact) mass is 286 g/mol. The van der Waals surface area contributed by atoms with Gasteiger partial charge in [0.05, 0.1) is 0 Å². The second-order valence-corrected chi connectivity index (χ2v) is 5.33. The summed E-state index contributed by atoms with van der Waals surface area (Å²) in [7, 11) is 0. The van der Waals surface area contributed by atoms with Crippen LogP contribution in [0, 0.1) is 18.3 Å². The van der Waals surface area contributed by atoms with Crippen molar-refractivity contribution in [2.24, 2.45) is 5.92 Å². The molecule has 0 aliphatic carbocycles. The molecule has 2 N–H and O–H groups in total. The number of amides is 2. The topological polar surface area (TPSA) is 69.6 Å². The summed E-state index contributed by atoms with van der Waals surface area (Å²) in [5, 5.41) is 12.0. The first-order chi connectivity index (χ1) is 10.0. The van der Waals surface area contributed by atoms with E-state index in [0.717, 1.165) is 6.42 Å². The van der Waals surface area contributed by atoms with E-state index in [2.05, 4.69) is 11.2 Å². The Bertz CT molecular complexity index is 591. The molecule has 1 aliphatic rings. The van der Waals surface area contributed by atoms with E-state index in [4.69, 9.17) is 6.42 Å². The van der Waals surface area contributed by atoms with Gasteiger partial charge in [-0.1, -0.05) is 18.9 Å². The van der Waals surface area contributed by atoms with Gasteiger partial charge in [-0.3, -0.25) is 0 Å². The second-order valence-electron chi connectivity index (χ2n) is 5.33. The predicted octanol–water partition coefficient (Wildman–Crippen LogP) is 2.38. The van der Waals surface area contributed by atoms with Crippen molar-refractivity contribution in [1.82, 2.24) is 4.90 Å². The lowest BCUT2D eigenvalue weighted by atomic mass is 9.93. The zero-order chi connectivity index (χ0) is 15.4. The van der Waals surface area contributed by atoms with E-state index in [0.29, 0.717) is 30.1 Å². The van der Waals surface area contributed by atoms with Gasteiger partial charge in [0.1, 0.15) is 6.04 Å². The van der Waals surface area contributed by atoms with Crippen LogP contribution in [0.2, 0.25) is 0 Å². The normalized spacial score (nSPS) is 21.4. The molecule has 5 heteroatoms. The molecular formula is C16H18N2O3. The van der Waals surface area contributed by atoms with Gasteiger partial charge >= 0.3 is 12.0 Å². The number of likely N-dealkylation sites (tertiary alicyclic amines) is 1. The van der Waals surface area contributed by atoms with E-state index in [-0.39, 0.29) is 0 Å². The van der Waals surface area contributed by atoms with Crippen LogP contribution in [-0.2, 0) is 4.79 Å². The van der Waals surface area contributed by atoms with Crippen molar-refractivity contribution in [1.29, 1.82) is 0 Å². The first kappa shape index (κ1) is 14.9. The number of urea groups is 1. The van der Waals surface area contributed by atoms with Crippen molar-refractivity contribution in [2.75, 3.05) is 11.9 Å². The summed E-state index contributed by atoms with van der Waals surface area (Å²) in [4.78, 5) is 25.0. The zero-order valence-electron chi connectivity index (χ0n) is 11.9. The lowest BCUT2D eigenvalue weighted by Gasteiger charge is -2.35. The van der Waals surface area contributed by atoms with Crippen LogP contribution in [0.5, 0.6) is 0 Å². The number of anilines is 1. The van der Waals surface area contributed by atoms with E-state index in [1.54, 1.807) is 24.3 Å². The maximum absolute atomic E-state index is 12.3. The van der Waals surface area contributed by atoms with Gasteiger partial charge in [-0.25, -0.2) is 9.59 Å². The molecule has 1 aromatic rings. The number of aliphatic carboxylic acids is 1. The van der Waals surface area contributed by atoms with Gasteiger partial charge in [-0.15, -0.1) is 6.42 Å². The van der Waals surface area contributed by atoms with Crippen LogP contribution in [0.4, 0.5) is 10.5 Å². The number of carboxylic acids is 1. The molecule has 2 unspecified atom stereocenters. The maximum atomic E-state index is 12.3. The van der Waals surface area contributed by atoms with Crippen LogP contribution in [0.1, 0.15) is 25.3 Å². The number of nitrogens with one attached hydrogen (secondary N) is 1. The minimum absolute atomic E-state index is 0.305. The average molecular weight is 286 g/mol. The molecule has 1 fully saturated rings. The van der Waals surface area contributed by atoms with Gasteiger partial charge in [0, 0.05) is 17.8 Å². The highest BCUT2D eigenvalue weighted by Crippen LogP contribution is 2.23. The number of benzene rings is 1. The average Bonchev–Trinajstić information content (AvgIpc) is 2.47. The van der Waals surface area contributed by atoms with Crippen LogP contribution in [-0.4, -0.2) is 34.6 Å². The SMILES string of the molecule is C#Cc1cccc(NC(=O)N2CCC(C)CC2C(=O)O)c1. The van der Waals surface area contributed by atoms with Crippen molar-refractivity contribution >= 4 is 17.7 Å². The Hall–Kier alpha value is -2.48. The molecular weight excluding hydrogens is 268 g/mol. The number of rotatable bonds is 2. The van der Waals surface area contributed by atoms with Gasteiger partial charge in [-0.2, -0.15) is 0 Å². The number of piperidine rings is 1. The fourth-order valence-electron chi connectivity index (χ4n) is 2.50. The summed E-state index contributed by atoms with van der Waals surface area (Å²) >= 11 is 0. The predicted molar refractivity (Wildman–Crippen MR) is 79.9 cm³/mol. The molecule has 2 atom stereocenters. The highest BCUT2D eigenvalue weighted by atomic mass is 16.4. The van der Waals surface area contributed by atoms with Crippen LogP contribution in [0.15, 0.2) is 24.3 Å². The molecule has 1 saturated heterocycles. The van der Waals surface area contributed by atoms with Crippen LogP contribution >= 0.6 is 0 Å². The Balaban J connectivity index is 2.11. The molecule has 0 bridgehead atoms. The minimum Gasteiger partial charge on any atom is -0.480 e. The Morgan fingerprint density at radius 2 is 2.24 bits per heavy atom. The number of carbonyl (C=O) groups is 2. The molecule has 2 rings (SSSR count). The molecule has 110 valence electrons. The fraction of sp³-hybridized carbons (Fsp3) is 0.375. The summed E-state index contributed by atoms with van der Waals surface area (Å²) < 4.78 is 0. The number of hydrogen-bond donors (Lipinski definition) is 2. The Morgan fingerprint density at radius 1 is 1.48 bits per heavy atom. The summed E-state index contributed by atoms with van der Waals surface area (Å²) in [5.41, 5.74) is 1.23. The number of carboxylic acid groups (broad SMARTS) is 1. The highest BCUT2D eigenvalue weighted by Gasteiger charge is 2.34. The number of hydrogen-bond acceptors (Lipinski definition) is 2. The molecule has 0 aromatic heterocycles. The molecule has 1 aromatic carbocycles. The fourth-order valence-corrected chi connectivity index (χ4v) is 2.50. The third kappa shape index (κ3) is 3.54. The lowest BCUT2D eigenvalue weighted by Crippen LogP contribution is -2.51. The van der Waals surface area contributed by atoms with Gasteiger partial charge in [0.15, 0.2) is 0 Å². The molecule has 0 saturated carbocycles. The van der Waals surface area contributed by atoms with Gasteiger partial charge in [0.25, 0.3) is 0 Å². The van der Waals surface area contributed by atoms with Crippen LogP contribution < -0.4 is 5.32 Å². The summed E-state index contributed by atoms with van der Waals surface area (Å²) in [6.07, 6.45) is 6.60. The van der Waals surface area contributed by atoms with Gasteiger partial charge in [0.2, 0.25) is 0 Å². The van der Waals surface area contributed by atoms with Crippen LogP contribution in [0.3, 0.4) is 0 Å². The smallest absolute Gasteiger partial charge is 0.326 e. The highest BCUT2D eigenvalue weighted by molar-refractivity contribution is 5.92. The third-order valence-electron chi connectivity index (χ3n) is 3.69. The quantitative estimate of drug-likeness (QED) is 0.820. The lowest BCUT2D eigenvalue weighted by molar-refractivity contribution is -0.143. The standard InChI is InChI=1S/C16H18N2O3/c1-3-12-5-4-6-13(10-12)17-16(21)18-8-7-11(2)9-14(18)15(19)20/h1,4-6,10-11,14H,7-9H2,2H3,(H,17,21)(H,19,20). The maximum Gasteiger partial charge on any atom is 0.326 e. The van der Waals surface area contributed by atoms with E-state index in [1.165, 1.54) is 4.90 Å². The first-order valence-electron chi connectivity index (χ1n) is 6.88. The Kier molecular flexibility index (Phi) is 4.49.